The highest BCUT2D eigenvalue weighted by Gasteiger charge is 2.18. The van der Waals surface area contributed by atoms with Crippen molar-refractivity contribution >= 4 is 60.6 Å². The van der Waals surface area contributed by atoms with Crippen molar-refractivity contribution in [1.29, 1.82) is 0 Å². The minimum atomic E-state index is 0.881. The average molecular weight is 469 g/mol. The number of thiazole rings is 1. The van der Waals surface area contributed by atoms with Crippen LogP contribution in [0.5, 0.6) is 0 Å². The Morgan fingerprint density at radius 2 is 1.23 bits per heavy atom. The molecular weight excluding hydrogens is 448 g/mol. The summed E-state index contributed by atoms with van der Waals surface area (Å²) in [6.07, 6.45) is 0. The van der Waals surface area contributed by atoms with Gasteiger partial charge in [-0.1, -0.05) is 66.7 Å². The molecule has 2 aromatic heterocycles. The molecule has 0 N–H and O–H groups in total. The lowest BCUT2D eigenvalue weighted by Gasteiger charge is -2.25. The van der Waals surface area contributed by atoms with Crippen LogP contribution in [0, 0.1) is 0 Å². The highest BCUT2D eigenvalue weighted by Crippen LogP contribution is 2.42. The summed E-state index contributed by atoms with van der Waals surface area (Å²) in [6.45, 7) is 0. The predicted octanol–water partition coefficient (Wildman–Crippen LogP) is 9.33. The van der Waals surface area contributed by atoms with Gasteiger partial charge in [-0.3, -0.25) is 0 Å². The van der Waals surface area contributed by atoms with Crippen LogP contribution in [0.1, 0.15) is 0 Å². The number of hydrogen-bond donors (Lipinski definition) is 0. The zero-order valence-corrected chi connectivity index (χ0v) is 19.6. The minimum Gasteiger partial charge on any atom is -0.456 e. The molecule has 3 nitrogen and oxygen atoms in total. The van der Waals surface area contributed by atoms with Gasteiger partial charge in [0.15, 0.2) is 0 Å². The van der Waals surface area contributed by atoms with Crippen LogP contribution in [-0.4, -0.2) is 4.98 Å². The van der Waals surface area contributed by atoms with Crippen LogP contribution < -0.4 is 4.90 Å². The van der Waals surface area contributed by atoms with Crippen molar-refractivity contribution < 1.29 is 4.42 Å². The second-order valence-corrected chi connectivity index (χ2v) is 9.46. The number of nitrogens with zero attached hydrogens (tertiary/aromatic N) is 2. The first-order chi connectivity index (χ1) is 17.3. The van der Waals surface area contributed by atoms with E-state index in [-0.39, 0.29) is 0 Å². The Morgan fingerprint density at radius 3 is 1.91 bits per heavy atom. The number of fused-ring (bicyclic) bond motifs is 5. The van der Waals surface area contributed by atoms with Crippen molar-refractivity contribution in [2.75, 3.05) is 4.90 Å². The maximum atomic E-state index is 6.28. The van der Waals surface area contributed by atoms with Crippen LogP contribution in [0.15, 0.2) is 126 Å². The summed E-state index contributed by atoms with van der Waals surface area (Å²) in [5.41, 5.74) is 7.21. The smallest absolute Gasteiger partial charge is 0.137 e. The topological polar surface area (TPSA) is 29.3 Å². The van der Waals surface area contributed by atoms with Crippen molar-refractivity contribution in [2.45, 2.75) is 0 Å². The number of rotatable bonds is 4. The van der Waals surface area contributed by atoms with Crippen molar-refractivity contribution in [3.63, 3.8) is 0 Å². The van der Waals surface area contributed by atoms with E-state index in [9.17, 15) is 0 Å². The summed E-state index contributed by atoms with van der Waals surface area (Å²) < 4.78 is 7.44. The van der Waals surface area contributed by atoms with Gasteiger partial charge in [-0.2, -0.15) is 0 Å². The normalized spacial score (nSPS) is 11.4. The Hall–Kier alpha value is -4.41. The highest BCUT2D eigenvalue weighted by molar-refractivity contribution is 7.22. The number of hydrogen-bond acceptors (Lipinski definition) is 4. The van der Waals surface area contributed by atoms with Crippen LogP contribution in [0.4, 0.5) is 17.1 Å². The van der Waals surface area contributed by atoms with E-state index in [1.165, 1.54) is 0 Å². The van der Waals surface area contributed by atoms with E-state index in [1.807, 2.05) is 24.3 Å². The molecule has 2 heterocycles. The van der Waals surface area contributed by atoms with E-state index >= 15 is 0 Å². The van der Waals surface area contributed by atoms with Crippen LogP contribution in [0.25, 0.3) is 42.7 Å². The summed E-state index contributed by atoms with van der Waals surface area (Å²) in [5, 5.41) is 3.25. The van der Waals surface area contributed by atoms with Gasteiger partial charge in [0.1, 0.15) is 16.2 Å². The van der Waals surface area contributed by atoms with Gasteiger partial charge in [-0.15, -0.1) is 11.3 Å². The van der Waals surface area contributed by atoms with Crippen molar-refractivity contribution in [1.82, 2.24) is 4.98 Å². The lowest BCUT2D eigenvalue weighted by atomic mass is 10.1. The van der Waals surface area contributed by atoms with Gasteiger partial charge in [0, 0.05) is 33.4 Å². The monoisotopic (exact) mass is 468 g/mol. The van der Waals surface area contributed by atoms with E-state index in [0.717, 1.165) is 59.8 Å². The molecule has 0 radical (unpaired) electrons. The molecule has 0 fully saturated rings. The standard InChI is InChI=1S/C31H20N2OS/c1-4-10-21(11-5-1)31-32-26-17-19-28-29(30(26)35-31)25-20-24(16-18-27(25)34-28)33(22-12-6-2-7-13-22)23-14-8-3-9-15-23/h1-20H. The predicted molar refractivity (Wildman–Crippen MR) is 147 cm³/mol. The van der Waals surface area contributed by atoms with Gasteiger partial charge in [0.05, 0.1) is 10.2 Å². The summed E-state index contributed by atoms with van der Waals surface area (Å²) in [7, 11) is 0. The number of anilines is 3. The third kappa shape index (κ3) is 3.38. The largest absolute Gasteiger partial charge is 0.456 e. The molecule has 0 atom stereocenters. The Labute approximate surface area is 206 Å². The number of benzene rings is 5. The summed E-state index contributed by atoms with van der Waals surface area (Å²) in [5.74, 6) is 0. The molecule has 4 heteroatoms. The molecule has 0 saturated heterocycles. The van der Waals surface area contributed by atoms with Gasteiger partial charge < -0.3 is 9.32 Å². The number of aromatic nitrogens is 1. The van der Waals surface area contributed by atoms with E-state index in [4.69, 9.17) is 9.40 Å². The van der Waals surface area contributed by atoms with E-state index < -0.39 is 0 Å². The van der Waals surface area contributed by atoms with Crippen LogP contribution in [0.2, 0.25) is 0 Å². The maximum absolute atomic E-state index is 6.28. The molecule has 5 aromatic carbocycles. The number of furan rings is 1. The van der Waals surface area contributed by atoms with E-state index in [2.05, 4.69) is 102 Å². The van der Waals surface area contributed by atoms with E-state index in [0.29, 0.717) is 0 Å². The average Bonchev–Trinajstić information content (AvgIpc) is 3.52. The van der Waals surface area contributed by atoms with E-state index in [1.54, 1.807) is 11.3 Å². The summed E-state index contributed by atoms with van der Waals surface area (Å²) in [4.78, 5) is 7.22. The molecule has 0 bridgehead atoms. The molecule has 0 spiro atoms. The zero-order chi connectivity index (χ0) is 23.2. The molecule has 7 rings (SSSR count). The molecule has 0 aliphatic rings. The van der Waals surface area contributed by atoms with Gasteiger partial charge in [-0.25, -0.2) is 4.98 Å². The molecule has 0 saturated carbocycles. The quantitative estimate of drug-likeness (QED) is 0.258. The van der Waals surface area contributed by atoms with Crippen molar-refractivity contribution in [3.05, 3.63) is 121 Å². The summed E-state index contributed by atoms with van der Waals surface area (Å²) >= 11 is 1.72. The Morgan fingerprint density at radius 1 is 0.600 bits per heavy atom. The second kappa shape index (κ2) is 8.12. The summed E-state index contributed by atoms with van der Waals surface area (Å²) in [6, 6.07) is 41.8. The lowest BCUT2D eigenvalue weighted by Crippen LogP contribution is -2.09. The second-order valence-electron chi connectivity index (χ2n) is 8.46. The fourth-order valence-corrected chi connectivity index (χ4v) is 5.80. The first-order valence-corrected chi connectivity index (χ1v) is 12.4. The van der Waals surface area contributed by atoms with Gasteiger partial charge >= 0.3 is 0 Å². The van der Waals surface area contributed by atoms with Crippen molar-refractivity contribution in [3.8, 4) is 10.6 Å². The van der Waals surface area contributed by atoms with Crippen molar-refractivity contribution in [2.24, 2.45) is 0 Å². The molecule has 35 heavy (non-hydrogen) atoms. The Kier molecular flexibility index (Phi) is 4.64. The third-order valence-electron chi connectivity index (χ3n) is 6.28. The zero-order valence-electron chi connectivity index (χ0n) is 18.8. The molecule has 0 unspecified atom stereocenters. The van der Waals surface area contributed by atoms with Gasteiger partial charge in [0.25, 0.3) is 0 Å². The third-order valence-corrected chi connectivity index (χ3v) is 7.42. The molecule has 166 valence electrons. The highest BCUT2D eigenvalue weighted by atomic mass is 32.1. The van der Waals surface area contributed by atoms with Crippen LogP contribution in [-0.2, 0) is 0 Å². The van der Waals surface area contributed by atoms with Gasteiger partial charge in [0.2, 0.25) is 0 Å². The minimum absolute atomic E-state index is 0.881. The van der Waals surface area contributed by atoms with Crippen LogP contribution in [0.3, 0.4) is 0 Å². The molecular formula is C31H20N2OS. The first-order valence-electron chi connectivity index (χ1n) is 11.6. The molecule has 0 amide bonds. The SMILES string of the molecule is c1ccc(-c2nc3ccc4oc5ccc(N(c6ccccc6)c6ccccc6)cc5c4c3s2)cc1. The molecule has 0 aliphatic carbocycles. The fraction of sp³-hybridized carbons (Fsp3) is 0. The number of para-hydroxylation sites is 2. The Bertz CT molecular complexity index is 1750. The Balaban J connectivity index is 1.47. The van der Waals surface area contributed by atoms with Gasteiger partial charge in [-0.05, 0) is 54.6 Å². The molecule has 7 aromatic rings. The lowest BCUT2D eigenvalue weighted by molar-refractivity contribution is 0.669. The first kappa shape index (κ1) is 20.0. The van der Waals surface area contributed by atoms with Crippen LogP contribution >= 0.6 is 11.3 Å². The fourth-order valence-electron chi connectivity index (χ4n) is 4.68. The maximum Gasteiger partial charge on any atom is 0.137 e. The molecule has 0 aliphatic heterocycles.